The Balaban J connectivity index is 2.38. The summed E-state index contributed by atoms with van der Waals surface area (Å²) in [5, 5.41) is 11.2. The average Bonchev–Trinajstić information content (AvgIpc) is 2.71. The molecule has 3 N–H and O–H groups in total. The van der Waals surface area contributed by atoms with Crippen molar-refractivity contribution in [3.05, 3.63) is 29.8 Å². The van der Waals surface area contributed by atoms with Crippen LogP contribution in [0.4, 0.5) is 5.95 Å². The molecule has 0 fully saturated rings. The van der Waals surface area contributed by atoms with Crippen LogP contribution in [0.25, 0.3) is 11.4 Å². The third-order valence-corrected chi connectivity index (χ3v) is 2.72. The van der Waals surface area contributed by atoms with Crippen molar-refractivity contribution in [3.8, 4) is 11.4 Å². The van der Waals surface area contributed by atoms with Crippen LogP contribution in [0.3, 0.4) is 0 Å². The highest BCUT2D eigenvalue weighted by Crippen LogP contribution is 2.20. The minimum absolute atomic E-state index is 0.657. The molecular weight excluding hydrogens is 214 g/mol. The maximum atomic E-state index is 5.56. The molecule has 1 aromatic heterocycles. The molecule has 1 aromatic carbocycles. The topological polar surface area (TPSA) is 68.8 Å². The van der Waals surface area contributed by atoms with Gasteiger partial charge in [-0.3, -0.25) is 4.57 Å². The first kappa shape index (κ1) is 11.6. The van der Waals surface area contributed by atoms with Gasteiger partial charge in [0.1, 0.15) is 0 Å². The van der Waals surface area contributed by atoms with E-state index in [2.05, 4.69) is 27.6 Å². The maximum Gasteiger partial charge on any atom is 0.224 e. The van der Waals surface area contributed by atoms with E-state index >= 15 is 0 Å². The second-order valence-corrected chi connectivity index (χ2v) is 3.90. The van der Waals surface area contributed by atoms with E-state index in [1.165, 1.54) is 5.56 Å². The second kappa shape index (κ2) is 4.97. The standard InChI is InChI=1S/C12H17N5/c1-14-12-16-15-11(17(12)2)10-5-3-4-9(8-10)6-7-13/h3-5,8H,6-7,13H2,1-2H3,(H,14,16). The van der Waals surface area contributed by atoms with Gasteiger partial charge in [0, 0.05) is 19.7 Å². The zero-order valence-corrected chi connectivity index (χ0v) is 10.1. The fourth-order valence-electron chi connectivity index (χ4n) is 1.83. The summed E-state index contributed by atoms with van der Waals surface area (Å²) in [4.78, 5) is 0. The molecule has 0 aliphatic heterocycles. The highest BCUT2D eigenvalue weighted by atomic mass is 15.3. The first-order valence-electron chi connectivity index (χ1n) is 5.62. The Morgan fingerprint density at radius 1 is 1.35 bits per heavy atom. The van der Waals surface area contributed by atoms with Crippen LogP contribution in [-0.4, -0.2) is 28.4 Å². The third kappa shape index (κ3) is 2.29. The molecule has 0 radical (unpaired) electrons. The van der Waals surface area contributed by atoms with Gasteiger partial charge in [-0.25, -0.2) is 0 Å². The highest BCUT2D eigenvalue weighted by Gasteiger charge is 2.09. The van der Waals surface area contributed by atoms with Gasteiger partial charge in [-0.05, 0) is 24.6 Å². The molecule has 0 saturated carbocycles. The Hall–Kier alpha value is -1.88. The monoisotopic (exact) mass is 231 g/mol. The largest absolute Gasteiger partial charge is 0.357 e. The number of nitrogens with two attached hydrogens (primary N) is 1. The van der Waals surface area contributed by atoms with Crippen LogP contribution in [0.2, 0.25) is 0 Å². The average molecular weight is 231 g/mol. The number of rotatable bonds is 4. The molecular formula is C12H17N5. The summed E-state index contributed by atoms with van der Waals surface area (Å²) in [5.74, 6) is 1.61. The lowest BCUT2D eigenvalue weighted by Crippen LogP contribution is -2.03. The summed E-state index contributed by atoms with van der Waals surface area (Å²) in [6.45, 7) is 0.657. The Labute approximate surface area is 101 Å². The summed E-state index contributed by atoms with van der Waals surface area (Å²) in [7, 11) is 3.77. The van der Waals surface area contributed by atoms with Crippen molar-refractivity contribution in [1.29, 1.82) is 0 Å². The maximum absolute atomic E-state index is 5.56. The highest BCUT2D eigenvalue weighted by molar-refractivity contribution is 5.58. The van der Waals surface area contributed by atoms with Gasteiger partial charge in [0.25, 0.3) is 0 Å². The summed E-state index contributed by atoms with van der Waals surface area (Å²) >= 11 is 0. The fourth-order valence-corrected chi connectivity index (χ4v) is 1.83. The van der Waals surface area contributed by atoms with Crippen molar-refractivity contribution in [2.75, 3.05) is 18.9 Å². The lowest BCUT2D eigenvalue weighted by molar-refractivity contribution is 0.923. The van der Waals surface area contributed by atoms with E-state index in [-0.39, 0.29) is 0 Å². The van der Waals surface area contributed by atoms with Crippen LogP contribution in [0, 0.1) is 0 Å². The van der Waals surface area contributed by atoms with Crippen molar-refractivity contribution in [2.45, 2.75) is 6.42 Å². The molecule has 5 nitrogen and oxygen atoms in total. The molecule has 0 bridgehead atoms. The zero-order valence-electron chi connectivity index (χ0n) is 10.1. The van der Waals surface area contributed by atoms with Crippen LogP contribution in [0.1, 0.15) is 5.56 Å². The summed E-state index contributed by atoms with van der Waals surface area (Å²) in [6, 6.07) is 8.24. The van der Waals surface area contributed by atoms with Gasteiger partial charge in [0.15, 0.2) is 5.82 Å². The first-order chi connectivity index (χ1) is 8.26. The van der Waals surface area contributed by atoms with Gasteiger partial charge in [0.2, 0.25) is 5.95 Å². The lowest BCUT2D eigenvalue weighted by atomic mass is 10.1. The molecule has 0 amide bonds. The van der Waals surface area contributed by atoms with E-state index in [1.807, 2.05) is 30.8 Å². The molecule has 0 atom stereocenters. The van der Waals surface area contributed by atoms with Crippen LogP contribution in [-0.2, 0) is 13.5 Å². The number of benzene rings is 1. The normalized spacial score (nSPS) is 10.5. The SMILES string of the molecule is CNc1nnc(-c2cccc(CCN)c2)n1C. The summed E-state index contributed by atoms with van der Waals surface area (Å²) in [5.41, 5.74) is 7.85. The van der Waals surface area contributed by atoms with Crippen molar-refractivity contribution in [1.82, 2.24) is 14.8 Å². The molecule has 0 saturated heterocycles. The Morgan fingerprint density at radius 3 is 2.82 bits per heavy atom. The fraction of sp³-hybridized carbons (Fsp3) is 0.333. The van der Waals surface area contributed by atoms with Crippen molar-refractivity contribution in [2.24, 2.45) is 12.8 Å². The van der Waals surface area contributed by atoms with E-state index < -0.39 is 0 Å². The second-order valence-electron chi connectivity index (χ2n) is 3.90. The van der Waals surface area contributed by atoms with Crippen LogP contribution in [0.5, 0.6) is 0 Å². The predicted molar refractivity (Wildman–Crippen MR) is 68.7 cm³/mol. The Morgan fingerprint density at radius 2 is 2.18 bits per heavy atom. The third-order valence-electron chi connectivity index (χ3n) is 2.72. The zero-order chi connectivity index (χ0) is 12.3. The van der Waals surface area contributed by atoms with E-state index in [0.29, 0.717) is 6.54 Å². The summed E-state index contributed by atoms with van der Waals surface area (Å²) in [6.07, 6.45) is 0.880. The molecule has 0 aliphatic rings. The van der Waals surface area contributed by atoms with E-state index in [1.54, 1.807) is 0 Å². The minimum atomic E-state index is 0.657. The van der Waals surface area contributed by atoms with Gasteiger partial charge in [-0.1, -0.05) is 18.2 Å². The van der Waals surface area contributed by atoms with Gasteiger partial charge < -0.3 is 11.1 Å². The smallest absolute Gasteiger partial charge is 0.224 e. The Bertz CT molecular complexity index is 503. The minimum Gasteiger partial charge on any atom is -0.357 e. The van der Waals surface area contributed by atoms with Crippen molar-refractivity contribution in [3.63, 3.8) is 0 Å². The molecule has 0 unspecified atom stereocenters. The Kier molecular flexibility index (Phi) is 3.39. The van der Waals surface area contributed by atoms with E-state index in [9.17, 15) is 0 Å². The number of hydrogen-bond donors (Lipinski definition) is 2. The van der Waals surface area contributed by atoms with Gasteiger partial charge in [0.05, 0.1) is 0 Å². The van der Waals surface area contributed by atoms with Gasteiger partial charge in [-0.2, -0.15) is 0 Å². The van der Waals surface area contributed by atoms with Gasteiger partial charge >= 0.3 is 0 Å². The predicted octanol–water partition coefficient (Wildman–Crippen LogP) is 1.02. The van der Waals surface area contributed by atoms with Crippen LogP contribution in [0.15, 0.2) is 24.3 Å². The molecule has 0 spiro atoms. The number of nitrogens with zero attached hydrogens (tertiary/aromatic N) is 3. The molecule has 90 valence electrons. The molecule has 17 heavy (non-hydrogen) atoms. The molecule has 5 heteroatoms. The molecule has 2 aromatic rings. The van der Waals surface area contributed by atoms with Crippen LogP contribution < -0.4 is 11.1 Å². The number of nitrogens with one attached hydrogen (secondary N) is 1. The first-order valence-corrected chi connectivity index (χ1v) is 5.62. The van der Waals surface area contributed by atoms with Crippen molar-refractivity contribution < 1.29 is 0 Å². The van der Waals surface area contributed by atoms with Crippen molar-refractivity contribution >= 4 is 5.95 Å². The molecule has 2 rings (SSSR count). The van der Waals surface area contributed by atoms with E-state index in [4.69, 9.17) is 5.73 Å². The van der Waals surface area contributed by atoms with Gasteiger partial charge in [-0.15, -0.1) is 10.2 Å². The summed E-state index contributed by atoms with van der Waals surface area (Å²) < 4.78 is 1.93. The number of aromatic nitrogens is 3. The lowest BCUT2D eigenvalue weighted by Gasteiger charge is -2.05. The van der Waals surface area contributed by atoms with Crippen LogP contribution >= 0.6 is 0 Å². The number of hydrogen-bond acceptors (Lipinski definition) is 4. The van der Waals surface area contributed by atoms with E-state index in [0.717, 1.165) is 23.8 Å². The molecule has 1 heterocycles. The molecule has 0 aliphatic carbocycles. The number of anilines is 1. The quantitative estimate of drug-likeness (QED) is 0.824.